The molecule has 0 spiro atoms. The van der Waals surface area contributed by atoms with Crippen LogP contribution in [0.1, 0.15) is 12.2 Å². The molecule has 2 rings (SSSR count). The van der Waals surface area contributed by atoms with Crippen LogP contribution in [0, 0.1) is 0 Å². The summed E-state index contributed by atoms with van der Waals surface area (Å²) in [5.41, 5.74) is 7.18. The average Bonchev–Trinajstić information content (AvgIpc) is 2.89. The van der Waals surface area contributed by atoms with Crippen LogP contribution < -0.4 is 10.6 Å². The average molecular weight is 244 g/mol. The highest BCUT2D eigenvalue weighted by atomic mass is 16.3. The smallest absolute Gasteiger partial charge is 0.227 e. The van der Waals surface area contributed by atoms with Gasteiger partial charge < -0.3 is 15.1 Å². The first-order chi connectivity index (χ1) is 8.68. The Labute approximate surface area is 106 Å². The molecule has 4 nitrogen and oxygen atoms in total. The Kier molecular flexibility index (Phi) is 3.67. The van der Waals surface area contributed by atoms with Crippen molar-refractivity contribution >= 4 is 17.3 Å². The summed E-state index contributed by atoms with van der Waals surface area (Å²) < 4.78 is 5.20. The van der Waals surface area contributed by atoms with Gasteiger partial charge in [-0.2, -0.15) is 0 Å². The molecule has 4 heteroatoms. The maximum atomic E-state index is 12.0. The molecule has 0 unspecified atom stereocenters. The van der Waals surface area contributed by atoms with Crippen LogP contribution in [0.5, 0.6) is 0 Å². The number of amides is 1. The van der Waals surface area contributed by atoms with Crippen LogP contribution >= 0.6 is 0 Å². The molecule has 0 radical (unpaired) electrons. The predicted octanol–water partition coefficient (Wildman–Crippen LogP) is 2.46. The lowest BCUT2D eigenvalue weighted by molar-refractivity contribution is -0.118. The highest BCUT2D eigenvalue weighted by Gasteiger charge is 2.13. The molecule has 18 heavy (non-hydrogen) atoms. The van der Waals surface area contributed by atoms with E-state index in [1.165, 1.54) is 0 Å². The van der Waals surface area contributed by atoms with Gasteiger partial charge in [0.25, 0.3) is 0 Å². The lowest BCUT2D eigenvalue weighted by atomic mass is 10.2. The number of benzene rings is 1. The lowest BCUT2D eigenvalue weighted by Crippen LogP contribution is -2.27. The largest absolute Gasteiger partial charge is 0.469 e. The van der Waals surface area contributed by atoms with Crippen molar-refractivity contribution in [3.05, 3.63) is 48.4 Å². The van der Waals surface area contributed by atoms with Crippen LogP contribution in [0.25, 0.3) is 0 Å². The number of anilines is 2. The van der Waals surface area contributed by atoms with Gasteiger partial charge in [-0.15, -0.1) is 0 Å². The van der Waals surface area contributed by atoms with E-state index in [4.69, 9.17) is 10.2 Å². The molecule has 0 saturated carbocycles. The number of nitrogens with zero attached hydrogens (tertiary/aromatic N) is 1. The second-order valence-corrected chi connectivity index (χ2v) is 4.09. The number of furan rings is 1. The van der Waals surface area contributed by atoms with Gasteiger partial charge >= 0.3 is 0 Å². The zero-order valence-electron chi connectivity index (χ0n) is 10.3. The van der Waals surface area contributed by atoms with Gasteiger partial charge in [-0.3, -0.25) is 4.79 Å². The van der Waals surface area contributed by atoms with E-state index in [2.05, 4.69) is 0 Å². The molecule has 0 bridgehead atoms. The van der Waals surface area contributed by atoms with Gasteiger partial charge in [0.05, 0.1) is 17.6 Å². The van der Waals surface area contributed by atoms with Crippen LogP contribution in [-0.2, 0) is 11.2 Å². The van der Waals surface area contributed by atoms with Gasteiger partial charge in [0, 0.05) is 19.9 Å². The van der Waals surface area contributed by atoms with Crippen LogP contribution in [0.3, 0.4) is 0 Å². The van der Waals surface area contributed by atoms with Gasteiger partial charge in [-0.05, 0) is 24.3 Å². The molecule has 94 valence electrons. The maximum absolute atomic E-state index is 12.0. The summed E-state index contributed by atoms with van der Waals surface area (Å²) in [4.78, 5) is 13.6. The van der Waals surface area contributed by atoms with Gasteiger partial charge in [0.15, 0.2) is 0 Å². The number of carbonyl (C=O) groups excluding carboxylic acids is 1. The van der Waals surface area contributed by atoms with E-state index in [-0.39, 0.29) is 5.91 Å². The molecule has 0 fully saturated rings. The molecule has 1 aromatic carbocycles. The minimum atomic E-state index is 0.0179. The number of hydrogen-bond acceptors (Lipinski definition) is 3. The molecule has 1 heterocycles. The Morgan fingerprint density at radius 2 is 2.06 bits per heavy atom. The number of para-hydroxylation sites is 2. The zero-order valence-corrected chi connectivity index (χ0v) is 10.3. The molecule has 0 saturated heterocycles. The molecule has 0 aliphatic heterocycles. The van der Waals surface area contributed by atoms with Crippen LogP contribution in [0.2, 0.25) is 0 Å². The first kappa shape index (κ1) is 12.2. The van der Waals surface area contributed by atoms with E-state index in [0.717, 1.165) is 11.4 Å². The highest BCUT2D eigenvalue weighted by Crippen LogP contribution is 2.21. The molecule has 1 aromatic heterocycles. The predicted molar refractivity (Wildman–Crippen MR) is 71.3 cm³/mol. The first-order valence-electron chi connectivity index (χ1n) is 5.82. The second-order valence-electron chi connectivity index (χ2n) is 4.09. The summed E-state index contributed by atoms with van der Waals surface area (Å²) in [7, 11) is 1.73. The summed E-state index contributed by atoms with van der Waals surface area (Å²) in [6.07, 6.45) is 2.61. The topological polar surface area (TPSA) is 59.5 Å². The van der Waals surface area contributed by atoms with Crippen molar-refractivity contribution in [1.29, 1.82) is 0 Å². The number of carbonyl (C=O) groups is 1. The Morgan fingerprint density at radius 3 is 2.72 bits per heavy atom. The van der Waals surface area contributed by atoms with Crippen LogP contribution in [-0.4, -0.2) is 13.0 Å². The van der Waals surface area contributed by atoms with Crippen molar-refractivity contribution in [1.82, 2.24) is 0 Å². The zero-order chi connectivity index (χ0) is 13.0. The monoisotopic (exact) mass is 244 g/mol. The summed E-state index contributed by atoms with van der Waals surface area (Å²) in [6, 6.07) is 11.0. The fourth-order valence-corrected chi connectivity index (χ4v) is 1.78. The Morgan fingerprint density at radius 1 is 1.28 bits per heavy atom. The lowest BCUT2D eigenvalue weighted by Gasteiger charge is -2.18. The summed E-state index contributed by atoms with van der Waals surface area (Å²) in [6.45, 7) is 0. The van der Waals surface area contributed by atoms with E-state index in [9.17, 15) is 4.79 Å². The minimum Gasteiger partial charge on any atom is -0.469 e. The van der Waals surface area contributed by atoms with Crippen molar-refractivity contribution < 1.29 is 9.21 Å². The van der Waals surface area contributed by atoms with Gasteiger partial charge in [0.2, 0.25) is 5.91 Å². The third kappa shape index (κ3) is 2.71. The molecule has 2 N–H and O–H groups in total. The molecule has 0 atom stereocenters. The molecular weight excluding hydrogens is 228 g/mol. The minimum absolute atomic E-state index is 0.0179. The van der Waals surface area contributed by atoms with E-state index < -0.39 is 0 Å². The van der Waals surface area contributed by atoms with Crippen molar-refractivity contribution in [2.24, 2.45) is 0 Å². The Bertz CT molecular complexity index is 520. The van der Waals surface area contributed by atoms with Crippen LogP contribution in [0.4, 0.5) is 11.4 Å². The third-order valence-corrected chi connectivity index (χ3v) is 2.84. The number of hydrogen-bond donors (Lipinski definition) is 1. The second kappa shape index (κ2) is 5.40. The quantitative estimate of drug-likeness (QED) is 0.840. The van der Waals surface area contributed by atoms with Gasteiger partial charge in [-0.1, -0.05) is 12.1 Å². The van der Waals surface area contributed by atoms with E-state index >= 15 is 0 Å². The standard InChI is InChI=1S/C14H16N2O2/c1-16(13-7-3-2-6-12(13)15)14(17)9-8-11-5-4-10-18-11/h2-7,10H,8-9,15H2,1H3. The molecule has 0 aliphatic carbocycles. The highest BCUT2D eigenvalue weighted by molar-refractivity contribution is 5.95. The fourth-order valence-electron chi connectivity index (χ4n) is 1.78. The van der Waals surface area contributed by atoms with Crippen molar-refractivity contribution in [2.45, 2.75) is 12.8 Å². The van der Waals surface area contributed by atoms with Gasteiger partial charge in [0.1, 0.15) is 5.76 Å². The molecule has 0 aliphatic rings. The van der Waals surface area contributed by atoms with E-state index in [0.29, 0.717) is 18.5 Å². The van der Waals surface area contributed by atoms with Crippen LogP contribution in [0.15, 0.2) is 47.1 Å². The number of nitrogens with two attached hydrogens (primary N) is 1. The fraction of sp³-hybridized carbons (Fsp3) is 0.214. The first-order valence-corrected chi connectivity index (χ1v) is 5.82. The van der Waals surface area contributed by atoms with Gasteiger partial charge in [-0.25, -0.2) is 0 Å². The Balaban J connectivity index is 1.99. The molecule has 2 aromatic rings. The Hall–Kier alpha value is -2.23. The summed E-state index contributed by atoms with van der Waals surface area (Å²) >= 11 is 0. The van der Waals surface area contributed by atoms with Crippen molar-refractivity contribution in [2.75, 3.05) is 17.7 Å². The van der Waals surface area contributed by atoms with Crippen molar-refractivity contribution in [3.8, 4) is 0 Å². The number of aryl methyl sites for hydroxylation is 1. The number of rotatable bonds is 4. The SMILES string of the molecule is CN(C(=O)CCc1ccco1)c1ccccc1N. The number of nitrogen functional groups attached to an aromatic ring is 1. The van der Waals surface area contributed by atoms with E-state index in [1.807, 2.05) is 30.3 Å². The molecule has 1 amide bonds. The summed E-state index contributed by atoms with van der Waals surface area (Å²) in [5.74, 6) is 0.835. The normalized spacial score (nSPS) is 10.3. The van der Waals surface area contributed by atoms with E-state index in [1.54, 1.807) is 24.3 Å². The van der Waals surface area contributed by atoms with Crippen molar-refractivity contribution in [3.63, 3.8) is 0 Å². The summed E-state index contributed by atoms with van der Waals surface area (Å²) in [5, 5.41) is 0. The third-order valence-electron chi connectivity index (χ3n) is 2.84. The molecular formula is C14H16N2O2. The maximum Gasteiger partial charge on any atom is 0.227 e.